The molecule has 1 aliphatic carbocycles. The minimum Gasteiger partial charge on any atom is -0.870 e. The Labute approximate surface area is 262 Å². The average Bonchev–Trinajstić information content (AvgIpc) is 3.06. The van der Waals surface area contributed by atoms with Gasteiger partial charge in [0.05, 0.1) is 0 Å². The molecule has 0 saturated carbocycles. The molecular formula is C40H30BeO3. The van der Waals surface area contributed by atoms with E-state index in [1.807, 2.05) is 97.1 Å². The van der Waals surface area contributed by atoms with E-state index < -0.39 is 12.2 Å². The van der Waals surface area contributed by atoms with Gasteiger partial charge in [0.1, 0.15) is 11.9 Å². The maximum absolute atomic E-state index is 12.8. The van der Waals surface area contributed by atoms with Crippen molar-refractivity contribution in [3.8, 4) is 22.6 Å². The van der Waals surface area contributed by atoms with Crippen LogP contribution in [0.2, 0.25) is 0 Å². The van der Waals surface area contributed by atoms with E-state index in [1.54, 1.807) is 18.2 Å². The standard InChI is InChI=1S/C40H31O3.Be/c41-37-25-23-35(33-19-15-31(16-20-33)13-11-29-7-3-1-4-8-29)27-39(37)43-40-28-36(24-26-38(40)42)34-21-17-32(18-22-34)14-12-30-9-5-2-6-10-30;/h1-28,37,39,42H;/q-1;+2/p-1/b13-11+,14-12+;. The molecule has 44 heavy (non-hydrogen) atoms. The fourth-order valence-corrected chi connectivity index (χ4v) is 4.94. The predicted molar refractivity (Wildman–Crippen MR) is 180 cm³/mol. The Bertz CT molecular complexity index is 1790. The summed E-state index contributed by atoms with van der Waals surface area (Å²) in [5.41, 5.74) is 8.11. The molecule has 0 saturated heterocycles. The van der Waals surface area contributed by atoms with Gasteiger partial charge in [-0.1, -0.05) is 170 Å². The summed E-state index contributed by atoms with van der Waals surface area (Å²) in [4.78, 5) is 0. The van der Waals surface area contributed by atoms with Gasteiger partial charge < -0.3 is 14.9 Å². The summed E-state index contributed by atoms with van der Waals surface area (Å²) < 4.78 is 6.06. The van der Waals surface area contributed by atoms with Gasteiger partial charge >= 0.3 is 10.1 Å². The van der Waals surface area contributed by atoms with Crippen molar-refractivity contribution in [3.63, 3.8) is 0 Å². The summed E-state index contributed by atoms with van der Waals surface area (Å²) >= 11 is 0. The van der Waals surface area contributed by atoms with Crippen molar-refractivity contribution in [2.75, 3.05) is 0 Å². The van der Waals surface area contributed by atoms with Crippen LogP contribution in [-0.2, 0) is 0 Å². The molecule has 0 heterocycles. The van der Waals surface area contributed by atoms with Crippen molar-refractivity contribution >= 4 is 40.0 Å². The van der Waals surface area contributed by atoms with E-state index in [1.165, 1.54) is 6.07 Å². The number of ether oxygens (including phenoxy) is 1. The molecule has 0 aliphatic heterocycles. The average molecular weight is 568 g/mol. The van der Waals surface area contributed by atoms with Crippen LogP contribution in [-0.4, -0.2) is 22.3 Å². The van der Waals surface area contributed by atoms with Gasteiger partial charge in [0, 0.05) is 0 Å². The predicted octanol–water partition coefficient (Wildman–Crippen LogP) is 7.52. The number of benzene rings is 5. The van der Waals surface area contributed by atoms with Gasteiger partial charge in [-0.2, -0.15) is 0 Å². The summed E-state index contributed by atoms with van der Waals surface area (Å²) in [6.07, 6.45) is 11.6. The largest absolute Gasteiger partial charge is 2.00 e. The van der Waals surface area contributed by atoms with Crippen LogP contribution in [0.5, 0.6) is 11.5 Å². The Kier molecular flexibility index (Phi) is 9.84. The third-order valence-corrected chi connectivity index (χ3v) is 7.36. The third-order valence-electron chi connectivity index (χ3n) is 7.36. The molecule has 0 spiro atoms. The van der Waals surface area contributed by atoms with Crippen LogP contribution < -0.4 is 14.9 Å². The first-order chi connectivity index (χ1) is 21.1. The third kappa shape index (κ3) is 7.59. The zero-order valence-electron chi connectivity index (χ0n) is 24.3. The number of hydrogen-bond acceptors (Lipinski definition) is 3. The second kappa shape index (κ2) is 14.3. The summed E-state index contributed by atoms with van der Waals surface area (Å²) in [6.45, 7) is 0. The van der Waals surface area contributed by atoms with E-state index in [0.717, 1.165) is 44.5 Å². The van der Waals surface area contributed by atoms with Crippen LogP contribution in [0.4, 0.5) is 0 Å². The smallest absolute Gasteiger partial charge is 0.870 e. The fraction of sp³-hybridized carbons (Fsp3) is 0.0500. The quantitative estimate of drug-likeness (QED) is 0.144. The van der Waals surface area contributed by atoms with Gasteiger partial charge in [0.25, 0.3) is 0 Å². The minimum absolute atomic E-state index is 0. The Balaban J connectivity index is 0.00000384. The Hall–Kier alpha value is -5.21. The molecule has 1 aliphatic rings. The van der Waals surface area contributed by atoms with Crippen LogP contribution in [0.25, 0.3) is 41.0 Å². The van der Waals surface area contributed by atoms with E-state index in [4.69, 9.17) is 4.74 Å². The summed E-state index contributed by atoms with van der Waals surface area (Å²) in [5.74, 6) is -0.0823. The fourth-order valence-electron chi connectivity index (χ4n) is 4.94. The van der Waals surface area contributed by atoms with Crippen molar-refractivity contribution in [1.29, 1.82) is 0 Å². The maximum atomic E-state index is 12.8. The first kappa shape index (κ1) is 30.3. The first-order valence-electron chi connectivity index (χ1n) is 14.3. The van der Waals surface area contributed by atoms with Gasteiger partial charge in [0.2, 0.25) is 0 Å². The van der Waals surface area contributed by atoms with Crippen molar-refractivity contribution in [1.82, 2.24) is 0 Å². The SMILES string of the molecule is [Be+2].[O-]c1ccc(-c2ccc(/C=C/c3ccccc3)cc2)cc1OC1C=C(c2ccc(/C=C/c3ccccc3)cc2)C=CC1[O-]. The van der Waals surface area contributed by atoms with Crippen LogP contribution >= 0.6 is 0 Å². The molecule has 2 atom stereocenters. The molecule has 0 amide bonds. The van der Waals surface area contributed by atoms with E-state index in [0.29, 0.717) is 0 Å². The zero-order valence-corrected chi connectivity index (χ0v) is 24.3. The van der Waals surface area contributed by atoms with Crippen molar-refractivity contribution in [2.24, 2.45) is 0 Å². The molecule has 0 bridgehead atoms. The van der Waals surface area contributed by atoms with E-state index in [2.05, 4.69) is 48.6 Å². The zero-order chi connectivity index (χ0) is 29.4. The van der Waals surface area contributed by atoms with Crippen LogP contribution in [0.15, 0.2) is 146 Å². The molecule has 0 N–H and O–H groups in total. The molecule has 0 radical (unpaired) electrons. The molecule has 0 aromatic heterocycles. The Morgan fingerprint density at radius 1 is 0.545 bits per heavy atom. The van der Waals surface area contributed by atoms with E-state index in [9.17, 15) is 10.2 Å². The first-order valence-corrected chi connectivity index (χ1v) is 14.3. The summed E-state index contributed by atoms with van der Waals surface area (Å²) in [7, 11) is 0. The Morgan fingerprint density at radius 3 is 1.57 bits per heavy atom. The molecule has 5 aromatic carbocycles. The second-order valence-electron chi connectivity index (χ2n) is 10.4. The van der Waals surface area contributed by atoms with Gasteiger partial charge in [-0.15, -0.1) is 0 Å². The van der Waals surface area contributed by atoms with Gasteiger partial charge in [-0.05, 0) is 56.7 Å². The molecule has 210 valence electrons. The van der Waals surface area contributed by atoms with Crippen LogP contribution in [0.3, 0.4) is 0 Å². The van der Waals surface area contributed by atoms with E-state index in [-0.39, 0.29) is 21.6 Å². The maximum Gasteiger partial charge on any atom is 2.00 e. The van der Waals surface area contributed by atoms with Gasteiger partial charge in [-0.25, -0.2) is 0 Å². The molecular weight excluding hydrogens is 537 g/mol. The number of allylic oxidation sites excluding steroid dienone is 2. The summed E-state index contributed by atoms with van der Waals surface area (Å²) in [5, 5.41) is 25.6. The second-order valence-corrected chi connectivity index (χ2v) is 10.4. The Morgan fingerprint density at radius 2 is 1.02 bits per heavy atom. The number of rotatable bonds is 8. The topological polar surface area (TPSA) is 55.3 Å². The minimum atomic E-state index is -1.12. The van der Waals surface area contributed by atoms with Crippen LogP contribution in [0, 0.1) is 0 Å². The van der Waals surface area contributed by atoms with Gasteiger partial charge in [-0.3, -0.25) is 0 Å². The number of hydrogen-bond donors (Lipinski definition) is 0. The van der Waals surface area contributed by atoms with Crippen molar-refractivity contribution in [2.45, 2.75) is 12.2 Å². The molecule has 0 fully saturated rings. The molecule has 4 heteroatoms. The normalized spacial score (nSPS) is 16.1. The van der Waals surface area contributed by atoms with Crippen molar-refractivity contribution in [3.05, 3.63) is 173 Å². The van der Waals surface area contributed by atoms with Gasteiger partial charge in [0.15, 0.2) is 0 Å². The monoisotopic (exact) mass is 567 g/mol. The van der Waals surface area contributed by atoms with E-state index >= 15 is 0 Å². The molecule has 5 aromatic rings. The molecule has 2 unspecified atom stereocenters. The van der Waals surface area contributed by atoms with Crippen LogP contribution in [0.1, 0.15) is 27.8 Å². The molecule has 3 nitrogen and oxygen atoms in total. The van der Waals surface area contributed by atoms with Crippen molar-refractivity contribution < 1.29 is 14.9 Å². The summed E-state index contributed by atoms with van der Waals surface area (Å²) in [6, 6.07) is 41.6. The molecule has 6 rings (SSSR count).